The number of rotatable bonds is 4. The Morgan fingerprint density at radius 2 is 1.73 bits per heavy atom. The second-order valence-corrected chi connectivity index (χ2v) is 9.99. The van der Waals surface area contributed by atoms with Gasteiger partial charge in [0.1, 0.15) is 17.0 Å². The summed E-state index contributed by atoms with van der Waals surface area (Å²) >= 11 is -1.48. The lowest BCUT2D eigenvalue weighted by Gasteiger charge is -2.35. The van der Waals surface area contributed by atoms with Gasteiger partial charge < -0.3 is 19.1 Å². The van der Waals surface area contributed by atoms with Crippen LogP contribution in [0.15, 0.2) is 53.4 Å². The van der Waals surface area contributed by atoms with Gasteiger partial charge in [-0.3, -0.25) is 9.89 Å². The maximum Gasteiger partial charge on any atom is 0.410 e. The van der Waals surface area contributed by atoms with Crippen LogP contribution in [0.2, 0.25) is 0 Å². The molecule has 0 aliphatic carbocycles. The zero-order valence-electron chi connectivity index (χ0n) is 18.8. The number of piperazine rings is 1. The smallest absolute Gasteiger partial charge is 0.410 e. The third kappa shape index (κ3) is 5.40. The van der Waals surface area contributed by atoms with E-state index in [-0.39, 0.29) is 12.0 Å². The van der Waals surface area contributed by atoms with E-state index in [9.17, 15) is 14.1 Å². The average molecular weight is 470 g/mol. The van der Waals surface area contributed by atoms with Crippen molar-refractivity contribution in [2.24, 2.45) is 0 Å². The number of H-pyrrole nitrogens is 1. The molecule has 1 aliphatic rings. The molecule has 2 N–H and O–H groups in total. The number of carbonyl (C=O) groups is 2. The summed E-state index contributed by atoms with van der Waals surface area (Å²) in [7, 11) is 0. The first-order chi connectivity index (χ1) is 15.7. The third-order valence-electron chi connectivity index (χ3n) is 5.18. The van der Waals surface area contributed by atoms with Gasteiger partial charge in [0.25, 0.3) is 5.91 Å². The van der Waals surface area contributed by atoms with E-state index in [0.717, 1.165) is 5.52 Å². The number of anilines is 1. The van der Waals surface area contributed by atoms with Gasteiger partial charge in [0, 0.05) is 37.1 Å². The van der Waals surface area contributed by atoms with Crippen molar-refractivity contribution < 1.29 is 18.9 Å². The molecule has 1 atom stereocenters. The van der Waals surface area contributed by atoms with E-state index in [0.29, 0.717) is 47.8 Å². The van der Waals surface area contributed by atoms with E-state index in [2.05, 4.69) is 14.9 Å². The molecular weight excluding hydrogens is 442 g/mol. The molecule has 2 amide bonds. The van der Waals surface area contributed by atoms with Gasteiger partial charge in [0.15, 0.2) is 10.7 Å². The van der Waals surface area contributed by atoms with Gasteiger partial charge in [-0.25, -0.2) is 4.79 Å². The molecule has 2 aromatic carbocycles. The van der Waals surface area contributed by atoms with Gasteiger partial charge in [-0.2, -0.15) is 9.82 Å². The molecule has 4 rings (SSSR count). The highest BCUT2D eigenvalue weighted by Crippen LogP contribution is 2.25. The quantitative estimate of drug-likeness (QED) is 0.566. The number of amides is 2. The Hall–Kier alpha value is -3.24. The highest BCUT2D eigenvalue weighted by Gasteiger charge is 2.28. The van der Waals surface area contributed by atoms with E-state index in [1.807, 2.05) is 39.0 Å². The van der Waals surface area contributed by atoms with Crippen molar-refractivity contribution in [2.45, 2.75) is 31.3 Å². The number of ether oxygens (including phenoxy) is 1. The molecule has 33 heavy (non-hydrogen) atoms. The molecule has 3 aromatic rings. The van der Waals surface area contributed by atoms with Crippen LogP contribution in [0, 0.1) is 0 Å². The van der Waals surface area contributed by atoms with Crippen LogP contribution < -0.4 is 4.72 Å². The molecule has 0 saturated carbocycles. The zero-order chi connectivity index (χ0) is 23.6. The number of benzene rings is 2. The van der Waals surface area contributed by atoms with E-state index < -0.39 is 17.0 Å². The molecule has 1 fully saturated rings. The van der Waals surface area contributed by atoms with Crippen LogP contribution in [0.25, 0.3) is 10.9 Å². The minimum absolute atomic E-state index is 0.128. The minimum atomic E-state index is -1.48. The van der Waals surface area contributed by atoms with Crippen molar-refractivity contribution in [3.8, 4) is 0 Å². The number of fused-ring (bicyclic) bond motifs is 1. The molecule has 9 nitrogen and oxygen atoms in total. The Labute approximate surface area is 195 Å². The first kappa shape index (κ1) is 22.9. The molecule has 0 bridgehead atoms. The lowest BCUT2D eigenvalue weighted by atomic mass is 10.1. The zero-order valence-corrected chi connectivity index (χ0v) is 19.6. The second-order valence-electron chi connectivity index (χ2n) is 8.78. The van der Waals surface area contributed by atoms with Crippen LogP contribution >= 0.6 is 0 Å². The largest absolute Gasteiger partial charge is 0.588 e. The van der Waals surface area contributed by atoms with Gasteiger partial charge in [-0.05, 0) is 51.1 Å². The minimum Gasteiger partial charge on any atom is -0.588 e. The molecule has 2 heterocycles. The summed E-state index contributed by atoms with van der Waals surface area (Å²) in [6.45, 7) is 7.16. The Morgan fingerprint density at radius 1 is 1.06 bits per heavy atom. The predicted molar refractivity (Wildman–Crippen MR) is 126 cm³/mol. The van der Waals surface area contributed by atoms with Crippen LogP contribution in [-0.4, -0.2) is 68.3 Å². The van der Waals surface area contributed by atoms with Crippen molar-refractivity contribution in [1.29, 1.82) is 0 Å². The summed E-state index contributed by atoms with van der Waals surface area (Å²) in [5.41, 5.74) is 0.678. The Morgan fingerprint density at radius 3 is 2.39 bits per heavy atom. The van der Waals surface area contributed by atoms with Crippen LogP contribution in [-0.2, 0) is 16.1 Å². The van der Waals surface area contributed by atoms with Gasteiger partial charge >= 0.3 is 6.09 Å². The number of aromatic amines is 1. The van der Waals surface area contributed by atoms with Crippen LogP contribution in [0.4, 0.5) is 10.6 Å². The monoisotopic (exact) mass is 469 g/mol. The van der Waals surface area contributed by atoms with Crippen molar-refractivity contribution in [3.63, 3.8) is 0 Å². The van der Waals surface area contributed by atoms with Crippen molar-refractivity contribution >= 4 is 40.1 Å². The van der Waals surface area contributed by atoms with Gasteiger partial charge in [-0.15, -0.1) is 0 Å². The molecule has 1 saturated heterocycles. The fourth-order valence-corrected chi connectivity index (χ4v) is 4.37. The van der Waals surface area contributed by atoms with Gasteiger partial charge in [0.2, 0.25) is 0 Å². The average Bonchev–Trinajstić information content (AvgIpc) is 3.20. The molecule has 1 aliphatic heterocycles. The van der Waals surface area contributed by atoms with Crippen molar-refractivity contribution in [3.05, 3.63) is 54.1 Å². The fraction of sp³-hybridized carbons (Fsp3) is 0.348. The lowest BCUT2D eigenvalue weighted by molar-refractivity contribution is 0.0141. The number of carbonyl (C=O) groups excluding carboxylic acids is 2. The molecule has 174 valence electrons. The molecule has 1 unspecified atom stereocenters. The summed E-state index contributed by atoms with van der Waals surface area (Å²) in [5, 5.41) is 7.80. The molecule has 1 aromatic heterocycles. The maximum atomic E-state index is 13.1. The number of aromatic nitrogens is 2. The molecular formula is C23H27N5O4S. The van der Waals surface area contributed by atoms with Crippen LogP contribution in [0.1, 0.15) is 31.1 Å². The van der Waals surface area contributed by atoms with Crippen LogP contribution in [0.3, 0.4) is 0 Å². The first-order valence-electron chi connectivity index (χ1n) is 10.7. The number of nitrogens with one attached hydrogen (secondary N) is 2. The highest BCUT2D eigenvalue weighted by atomic mass is 32.2. The Balaban J connectivity index is 1.44. The maximum absolute atomic E-state index is 13.1. The first-order valence-corrected chi connectivity index (χ1v) is 11.8. The topological polar surface area (TPSA) is 114 Å². The SMILES string of the molecule is CC(C)(C)OC(=O)N1CCN(C(=O)c2ccc3[nH]nc(N[S+]([O-])c4ccccc4)c3c2)CC1. The summed E-state index contributed by atoms with van der Waals surface area (Å²) in [4.78, 5) is 29.3. The molecule has 0 radical (unpaired) electrons. The fourth-order valence-electron chi connectivity index (χ4n) is 3.52. The van der Waals surface area contributed by atoms with E-state index in [1.165, 1.54) is 0 Å². The van der Waals surface area contributed by atoms with E-state index in [4.69, 9.17) is 4.74 Å². The lowest BCUT2D eigenvalue weighted by Crippen LogP contribution is -2.51. The van der Waals surface area contributed by atoms with Gasteiger partial charge in [0.05, 0.1) is 5.52 Å². The summed E-state index contributed by atoms with van der Waals surface area (Å²) in [6, 6.07) is 14.3. The van der Waals surface area contributed by atoms with Crippen molar-refractivity contribution in [2.75, 3.05) is 30.9 Å². The summed E-state index contributed by atoms with van der Waals surface area (Å²) in [5.74, 6) is 0.286. The second kappa shape index (κ2) is 9.32. The van der Waals surface area contributed by atoms with E-state index in [1.54, 1.807) is 40.1 Å². The van der Waals surface area contributed by atoms with Crippen molar-refractivity contribution in [1.82, 2.24) is 20.0 Å². The molecule has 0 spiro atoms. The number of hydrogen-bond acceptors (Lipinski definition) is 6. The highest BCUT2D eigenvalue weighted by molar-refractivity contribution is 7.92. The third-order valence-corrected chi connectivity index (χ3v) is 6.25. The Bertz CT molecular complexity index is 1140. The van der Waals surface area contributed by atoms with Gasteiger partial charge in [-0.1, -0.05) is 18.2 Å². The number of nitrogens with zero attached hydrogens (tertiary/aromatic N) is 3. The molecule has 10 heteroatoms. The normalized spacial score (nSPS) is 15.4. The Kier molecular flexibility index (Phi) is 6.48. The predicted octanol–water partition coefficient (Wildman–Crippen LogP) is 3.39. The number of hydrogen-bond donors (Lipinski definition) is 2. The van der Waals surface area contributed by atoms with Crippen LogP contribution in [0.5, 0.6) is 0 Å². The van der Waals surface area contributed by atoms with E-state index >= 15 is 0 Å². The standard InChI is InChI=1S/C23H27N5O4S/c1-23(2,3)32-22(30)28-13-11-27(12-14-28)21(29)16-9-10-19-18(15-16)20(25-24-19)26-33(31)17-7-5-4-6-8-17/h4-10,15H,11-14H2,1-3H3,(H2,24,25,26). The summed E-state index contributed by atoms with van der Waals surface area (Å²) in [6.07, 6.45) is -0.364. The summed E-state index contributed by atoms with van der Waals surface area (Å²) < 4.78 is 20.9.